The molecule has 0 aromatic carbocycles. The number of carbonyl (C=O) groups is 2. The maximum absolute atomic E-state index is 13.2. The second-order valence-corrected chi connectivity index (χ2v) is 19.0. The van der Waals surface area contributed by atoms with Crippen LogP contribution < -0.4 is 5.32 Å². The number of amides is 1. The van der Waals surface area contributed by atoms with Crippen LogP contribution >= 0.6 is 0 Å². The van der Waals surface area contributed by atoms with Crippen molar-refractivity contribution in [2.75, 3.05) is 6.61 Å². The average Bonchev–Trinajstić information content (AvgIpc) is 3.32. The molecule has 0 fully saturated rings. The maximum Gasteiger partial charge on any atom is 0.306 e. The lowest BCUT2D eigenvalue weighted by atomic mass is 10.0. The Balaban J connectivity index is 4.71. The van der Waals surface area contributed by atoms with E-state index in [1.165, 1.54) is 135 Å². The van der Waals surface area contributed by atoms with Crippen molar-refractivity contribution in [1.29, 1.82) is 0 Å². The van der Waals surface area contributed by atoms with Gasteiger partial charge in [-0.2, -0.15) is 0 Å². The van der Waals surface area contributed by atoms with Gasteiger partial charge in [0, 0.05) is 12.8 Å². The summed E-state index contributed by atoms with van der Waals surface area (Å²) in [6, 6.07) is -0.740. The Morgan fingerprint density at radius 2 is 0.791 bits per heavy atom. The molecule has 3 atom stereocenters. The number of unbranched alkanes of at least 4 members (excludes halogenated alkanes) is 25. The van der Waals surface area contributed by atoms with Crippen molar-refractivity contribution >= 4 is 11.9 Å². The maximum atomic E-state index is 13.2. The van der Waals surface area contributed by atoms with Gasteiger partial charge < -0.3 is 20.3 Å². The fraction of sp³-hybridized carbons (Fsp3) is 0.738. The molecular weight excluding hydrogens is 827 g/mol. The highest BCUT2D eigenvalue weighted by molar-refractivity contribution is 5.77. The molecule has 0 saturated heterocycles. The number of ether oxygens (including phenoxy) is 1. The first-order valence-electron chi connectivity index (χ1n) is 28.3. The third-order valence-corrected chi connectivity index (χ3v) is 12.4. The number of nitrogens with one attached hydrogen (secondary N) is 1. The Hall–Kier alpha value is -2.96. The smallest absolute Gasteiger partial charge is 0.306 e. The number of allylic oxidation sites excluding steroid dienone is 13. The number of aliphatic hydroxyl groups is 2. The van der Waals surface area contributed by atoms with Crippen LogP contribution in [0.25, 0.3) is 0 Å². The molecular formula is C61H107NO5. The fourth-order valence-electron chi connectivity index (χ4n) is 8.12. The van der Waals surface area contributed by atoms with E-state index in [1.807, 2.05) is 6.08 Å². The Morgan fingerprint density at radius 1 is 0.448 bits per heavy atom. The molecule has 0 aliphatic heterocycles. The van der Waals surface area contributed by atoms with E-state index in [9.17, 15) is 19.8 Å². The normalized spacial score (nSPS) is 13.8. The predicted octanol–water partition coefficient (Wildman–Crippen LogP) is 17.5. The molecule has 3 N–H and O–H groups in total. The third kappa shape index (κ3) is 49.3. The summed E-state index contributed by atoms with van der Waals surface area (Å²) in [7, 11) is 0. The quantitative estimate of drug-likeness (QED) is 0.0321. The lowest BCUT2D eigenvalue weighted by Crippen LogP contribution is -2.46. The Labute approximate surface area is 414 Å². The summed E-state index contributed by atoms with van der Waals surface area (Å²) >= 11 is 0. The third-order valence-electron chi connectivity index (χ3n) is 12.4. The predicted molar refractivity (Wildman–Crippen MR) is 291 cm³/mol. The van der Waals surface area contributed by atoms with E-state index in [0.29, 0.717) is 19.3 Å². The minimum atomic E-state index is -0.820. The zero-order valence-electron chi connectivity index (χ0n) is 44.0. The average molecular weight is 935 g/mol. The van der Waals surface area contributed by atoms with Crippen LogP contribution in [0.2, 0.25) is 0 Å². The van der Waals surface area contributed by atoms with Crippen LogP contribution in [0, 0.1) is 0 Å². The summed E-state index contributed by atoms with van der Waals surface area (Å²) in [5, 5.41) is 23.8. The zero-order chi connectivity index (χ0) is 48.8. The largest absolute Gasteiger partial charge is 0.461 e. The van der Waals surface area contributed by atoms with Crippen LogP contribution in [0.15, 0.2) is 85.1 Å². The van der Waals surface area contributed by atoms with E-state index in [4.69, 9.17) is 4.74 Å². The highest BCUT2D eigenvalue weighted by Crippen LogP contribution is 2.16. The van der Waals surface area contributed by atoms with E-state index in [-0.39, 0.29) is 24.9 Å². The van der Waals surface area contributed by atoms with E-state index in [1.54, 1.807) is 0 Å². The van der Waals surface area contributed by atoms with Gasteiger partial charge >= 0.3 is 5.97 Å². The van der Waals surface area contributed by atoms with Gasteiger partial charge in [0.25, 0.3) is 0 Å². The molecule has 0 heterocycles. The summed E-state index contributed by atoms with van der Waals surface area (Å²) in [5.41, 5.74) is 0. The van der Waals surface area contributed by atoms with Crippen LogP contribution in [-0.4, -0.2) is 46.9 Å². The van der Waals surface area contributed by atoms with Gasteiger partial charge in [0.05, 0.1) is 25.2 Å². The highest BCUT2D eigenvalue weighted by Gasteiger charge is 2.23. The first kappa shape index (κ1) is 64.0. The molecule has 0 aromatic heterocycles. The summed E-state index contributed by atoms with van der Waals surface area (Å²) < 4.78 is 5.88. The minimum Gasteiger partial charge on any atom is -0.461 e. The van der Waals surface area contributed by atoms with E-state index in [2.05, 4.69) is 105 Å². The fourth-order valence-corrected chi connectivity index (χ4v) is 8.12. The van der Waals surface area contributed by atoms with Crippen molar-refractivity contribution in [2.24, 2.45) is 0 Å². The Morgan fingerprint density at radius 3 is 1.22 bits per heavy atom. The van der Waals surface area contributed by atoms with Gasteiger partial charge in [-0.15, -0.1) is 0 Å². The first-order valence-corrected chi connectivity index (χ1v) is 28.3. The second-order valence-electron chi connectivity index (χ2n) is 19.0. The highest BCUT2D eigenvalue weighted by atomic mass is 16.5. The number of rotatable bonds is 50. The summed E-state index contributed by atoms with van der Waals surface area (Å²) in [5.74, 6) is -0.602. The summed E-state index contributed by atoms with van der Waals surface area (Å²) in [4.78, 5) is 26.2. The molecule has 0 aliphatic carbocycles. The van der Waals surface area contributed by atoms with Crippen molar-refractivity contribution in [3.63, 3.8) is 0 Å². The van der Waals surface area contributed by atoms with E-state index in [0.717, 1.165) is 83.5 Å². The molecule has 67 heavy (non-hydrogen) atoms. The van der Waals surface area contributed by atoms with Crippen LogP contribution in [0.4, 0.5) is 0 Å². The molecule has 0 aromatic rings. The molecule has 6 nitrogen and oxygen atoms in total. The SMILES string of the molecule is CCCCC/C=C\C/C=C\C/C=C\C/C=C\CC(CC(=O)NC(CO)C(O)CCCCCCCCCCCCCCCCCC)OC(=O)CCCCCC/C=C\C/C=C\C/C=C\CCCCC. The molecule has 0 saturated carbocycles. The van der Waals surface area contributed by atoms with Gasteiger partial charge in [-0.3, -0.25) is 9.59 Å². The van der Waals surface area contributed by atoms with Gasteiger partial charge in [-0.1, -0.05) is 247 Å². The molecule has 0 spiro atoms. The van der Waals surface area contributed by atoms with Crippen molar-refractivity contribution < 1.29 is 24.5 Å². The Kier molecular flexibility index (Phi) is 51.6. The van der Waals surface area contributed by atoms with Gasteiger partial charge in [0.1, 0.15) is 6.10 Å². The van der Waals surface area contributed by atoms with Crippen LogP contribution in [0.3, 0.4) is 0 Å². The number of hydrogen-bond donors (Lipinski definition) is 3. The van der Waals surface area contributed by atoms with Gasteiger partial charge in [0.15, 0.2) is 0 Å². The molecule has 386 valence electrons. The van der Waals surface area contributed by atoms with Crippen molar-refractivity contribution in [1.82, 2.24) is 5.32 Å². The second kappa shape index (κ2) is 54.0. The van der Waals surface area contributed by atoms with Crippen molar-refractivity contribution in [3.8, 4) is 0 Å². The minimum absolute atomic E-state index is 0.0106. The molecule has 3 unspecified atom stereocenters. The lowest BCUT2D eigenvalue weighted by molar-refractivity contribution is -0.150. The number of carbonyl (C=O) groups excluding carboxylic acids is 2. The van der Waals surface area contributed by atoms with Gasteiger partial charge in [-0.25, -0.2) is 0 Å². The summed E-state index contributed by atoms with van der Waals surface area (Å²) in [6.07, 6.45) is 70.9. The standard InChI is InChI=1S/C61H107NO5/c1-4-7-10-13-16-19-22-25-28-30-33-36-39-42-45-48-51-54-61(66)67-57(52-49-46-43-40-37-34-31-27-24-21-18-15-12-9-6-3)55-60(65)62-58(56-63)59(64)53-50-47-44-41-38-35-32-29-26-23-20-17-14-11-8-5-2/h16,18-19,21,25,27-28,31,33,36-37,40,46,49,57-59,63-64H,4-15,17,20,22-24,26,29-30,32,34-35,38-39,41-45,47-48,50-56H2,1-3H3,(H,62,65)/b19-16-,21-18-,28-25-,31-27-,36-33-,40-37-,49-46-. The molecule has 0 radical (unpaired) electrons. The van der Waals surface area contributed by atoms with Crippen LogP contribution in [0.1, 0.15) is 265 Å². The molecule has 0 bridgehead atoms. The van der Waals surface area contributed by atoms with Gasteiger partial charge in [0.2, 0.25) is 5.91 Å². The molecule has 6 heteroatoms. The molecule has 1 amide bonds. The van der Waals surface area contributed by atoms with Gasteiger partial charge in [-0.05, 0) is 83.5 Å². The monoisotopic (exact) mass is 934 g/mol. The first-order chi connectivity index (χ1) is 33.0. The van der Waals surface area contributed by atoms with E-state index >= 15 is 0 Å². The molecule has 0 aliphatic rings. The number of aliphatic hydroxyl groups excluding tert-OH is 2. The summed E-state index contributed by atoms with van der Waals surface area (Å²) in [6.45, 7) is 6.41. The lowest BCUT2D eigenvalue weighted by Gasteiger charge is -2.24. The van der Waals surface area contributed by atoms with E-state index < -0.39 is 18.2 Å². The number of esters is 1. The zero-order valence-corrected chi connectivity index (χ0v) is 44.0. The topological polar surface area (TPSA) is 95.9 Å². The van der Waals surface area contributed by atoms with Crippen LogP contribution in [-0.2, 0) is 14.3 Å². The van der Waals surface area contributed by atoms with Crippen LogP contribution in [0.5, 0.6) is 0 Å². The van der Waals surface area contributed by atoms with Crippen molar-refractivity contribution in [2.45, 2.75) is 283 Å². The Bertz CT molecular complexity index is 1280. The van der Waals surface area contributed by atoms with Crippen molar-refractivity contribution in [3.05, 3.63) is 85.1 Å². The molecule has 0 rings (SSSR count). The number of hydrogen-bond acceptors (Lipinski definition) is 5.